The van der Waals surface area contributed by atoms with Gasteiger partial charge < -0.3 is 4.90 Å². The van der Waals surface area contributed by atoms with E-state index >= 15 is 0 Å². The first kappa shape index (κ1) is 9.83. The van der Waals surface area contributed by atoms with E-state index < -0.39 is 0 Å². The van der Waals surface area contributed by atoms with Gasteiger partial charge >= 0.3 is 0 Å². The van der Waals surface area contributed by atoms with Gasteiger partial charge in [0.25, 0.3) is 0 Å². The molecule has 2 heterocycles. The SMILES string of the molecule is C=CC(=O)N1CCCC1c1ccncn1. The van der Waals surface area contributed by atoms with Crippen molar-refractivity contribution in [2.45, 2.75) is 18.9 Å². The van der Waals surface area contributed by atoms with Crippen LogP contribution in [0.15, 0.2) is 31.2 Å². The summed E-state index contributed by atoms with van der Waals surface area (Å²) < 4.78 is 0. The Bertz CT molecular complexity index is 363. The summed E-state index contributed by atoms with van der Waals surface area (Å²) in [5, 5.41) is 0. The number of hydrogen-bond donors (Lipinski definition) is 0. The van der Waals surface area contributed by atoms with Gasteiger partial charge in [-0.1, -0.05) is 6.58 Å². The van der Waals surface area contributed by atoms with Crippen molar-refractivity contribution in [1.29, 1.82) is 0 Å². The highest BCUT2D eigenvalue weighted by atomic mass is 16.2. The molecule has 2 rings (SSSR count). The van der Waals surface area contributed by atoms with E-state index in [0.29, 0.717) is 0 Å². The third kappa shape index (κ3) is 1.88. The molecule has 1 saturated heterocycles. The lowest BCUT2D eigenvalue weighted by Gasteiger charge is -2.22. The Morgan fingerprint density at radius 1 is 1.67 bits per heavy atom. The Balaban J connectivity index is 2.22. The molecule has 1 aromatic rings. The molecule has 0 aromatic carbocycles. The third-order valence-electron chi connectivity index (χ3n) is 2.66. The summed E-state index contributed by atoms with van der Waals surface area (Å²) >= 11 is 0. The van der Waals surface area contributed by atoms with Crippen LogP contribution in [-0.4, -0.2) is 27.3 Å². The number of amides is 1. The normalized spacial score (nSPS) is 20.3. The van der Waals surface area contributed by atoms with Crippen LogP contribution >= 0.6 is 0 Å². The summed E-state index contributed by atoms with van der Waals surface area (Å²) in [4.78, 5) is 21.4. The molecule has 0 bridgehead atoms. The molecule has 1 aliphatic heterocycles. The molecule has 4 heteroatoms. The van der Waals surface area contributed by atoms with Crippen LogP contribution in [0, 0.1) is 0 Å². The summed E-state index contributed by atoms with van der Waals surface area (Å²) in [6.07, 6.45) is 6.58. The van der Waals surface area contributed by atoms with Crippen molar-refractivity contribution in [2.75, 3.05) is 6.54 Å². The maximum atomic E-state index is 11.6. The first-order chi connectivity index (χ1) is 7.33. The first-order valence-corrected chi connectivity index (χ1v) is 5.02. The Morgan fingerprint density at radius 2 is 2.53 bits per heavy atom. The van der Waals surface area contributed by atoms with Crippen LogP contribution in [0.5, 0.6) is 0 Å². The summed E-state index contributed by atoms with van der Waals surface area (Å²) in [5.74, 6) is -0.0175. The van der Waals surface area contributed by atoms with Crippen molar-refractivity contribution in [1.82, 2.24) is 14.9 Å². The monoisotopic (exact) mass is 203 g/mol. The maximum absolute atomic E-state index is 11.6. The second kappa shape index (κ2) is 4.21. The summed E-state index contributed by atoms with van der Waals surface area (Å²) in [6, 6.07) is 1.96. The highest BCUT2D eigenvalue weighted by Gasteiger charge is 2.29. The van der Waals surface area contributed by atoms with Gasteiger partial charge in [-0.15, -0.1) is 0 Å². The van der Waals surface area contributed by atoms with E-state index in [-0.39, 0.29) is 11.9 Å². The van der Waals surface area contributed by atoms with Gasteiger partial charge in [-0.3, -0.25) is 4.79 Å². The van der Waals surface area contributed by atoms with Gasteiger partial charge in [0.05, 0.1) is 11.7 Å². The number of carbonyl (C=O) groups excluding carboxylic acids is 1. The van der Waals surface area contributed by atoms with Crippen molar-refractivity contribution in [3.8, 4) is 0 Å². The lowest BCUT2D eigenvalue weighted by molar-refractivity contribution is -0.126. The second-order valence-electron chi connectivity index (χ2n) is 3.53. The molecule has 0 spiro atoms. The fourth-order valence-electron chi connectivity index (χ4n) is 1.95. The molecule has 1 atom stereocenters. The molecule has 0 saturated carbocycles. The Hall–Kier alpha value is -1.71. The van der Waals surface area contributed by atoms with Gasteiger partial charge in [0, 0.05) is 12.7 Å². The van der Waals surface area contributed by atoms with Crippen molar-refractivity contribution in [2.24, 2.45) is 0 Å². The third-order valence-corrected chi connectivity index (χ3v) is 2.66. The number of carbonyl (C=O) groups is 1. The molecule has 78 valence electrons. The highest BCUT2D eigenvalue weighted by Crippen LogP contribution is 2.30. The van der Waals surface area contributed by atoms with Crippen LogP contribution in [-0.2, 0) is 4.79 Å². The largest absolute Gasteiger partial charge is 0.331 e. The van der Waals surface area contributed by atoms with E-state index in [0.717, 1.165) is 25.1 Å². The Labute approximate surface area is 88.7 Å². The smallest absolute Gasteiger partial charge is 0.246 e. The number of likely N-dealkylation sites (tertiary alicyclic amines) is 1. The lowest BCUT2D eigenvalue weighted by Crippen LogP contribution is -2.29. The van der Waals surface area contributed by atoms with E-state index in [2.05, 4.69) is 16.5 Å². The molecule has 1 amide bonds. The number of hydrogen-bond acceptors (Lipinski definition) is 3. The maximum Gasteiger partial charge on any atom is 0.246 e. The van der Waals surface area contributed by atoms with E-state index in [4.69, 9.17) is 0 Å². The minimum absolute atomic E-state index is 0.0175. The van der Waals surface area contributed by atoms with Gasteiger partial charge in [-0.2, -0.15) is 0 Å². The van der Waals surface area contributed by atoms with Crippen LogP contribution in [0.1, 0.15) is 24.6 Å². The van der Waals surface area contributed by atoms with Crippen molar-refractivity contribution in [3.63, 3.8) is 0 Å². The molecule has 1 unspecified atom stereocenters. The Kier molecular flexibility index (Phi) is 2.76. The summed E-state index contributed by atoms with van der Waals surface area (Å²) in [6.45, 7) is 4.30. The Morgan fingerprint density at radius 3 is 3.20 bits per heavy atom. The quantitative estimate of drug-likeness (QED) is 0.681. The summed E-state index contributed by atoms with van der Waals surface area (Å²) in [5.41, 5.74) is 0.915. The van der Waals surface area contributed by atoms with Crippen molar-refractivity contribution < 1.29 is 4.79 Å². The van der Waals surface area contributed by atoms with E-state index in [1.807, 2.05) is 11.0 Å². The minimum Gasteiger partial charge on any atom is -0.331 e. The van der Waals surface area contributed by atoms with Gasteiger partial charge in [-0.25, -0.2) is 9.97 Å². The van der Waals surface area contributed by atoms with Crippen LogP contribution in [0.3, 0.4) is 0 Å². The number of nitrogens with zero attached hydrogens (tertiary/aromatic N) is 3. The van der Waals surface area contributed by atoms with E-state index in [1.54, 1.807) is 6.20 Å². The lowest BCUT2D eigenvalue weighted by atomic mass is 10.1. The fraction of sp³-hybridized carbons (Fsp3) is 0.364. The van der Waals surface area contributed by atoms with Crippen LogP contribution in [0.2, 0.25) is 0 Å². The minimum atomic E-state index is -0.0175. The predicted octanol–water partition coefficient (Wildman–Crippen LogP) is 1.33. The summed E-state index contributed by atoms with van der Waals surface area (Å²) in [7, 11) is 0. The van der Waals surface area contributed by atoms with Crippen molar-refractivity contribution in [3.05, 3.63) is 36.9 Å². The van der Waals surface area contributed by atoms with Gasteiger partial charge in [0.15, 0.2) is 0 Å². The van der Waals surface area contributed by atoms with Crippen LogP contribution in [0.4, 0.5) is 0 Å². The average Bonchev–Trinajstić information content (AvgIpc) is 2.78. The van der Waals surface area contributed by atoms with Crippen LogP contribution < -0.4 is 0 Å². The van der Waals surface area contributed by atoms with E-state index in [1.165, 1.54) is 12.4 Å². The van der Waals surface area contributed by atoms with Crippen LogP contribution in [0.25, 0.3) is 0 Å². The van der Waals surface area contributed by atoms with Gasteiger partial charge in [0.1, 0.15) is 6.33 Å². The molecule has 0 N–H and O–H groups in total. The molecule has 15 heavy (non-hydrogen) atoms. The predicted molar refractivity (Wildman–Crippen MR) is 55.9 cm³/mol. The van der Waals surface area contributed by atoms with Crippen molar-refractivity contribution >= 4 is 5.91 Å². The molecule has 0 aliphatic carbocycles. The molecule has 0 radical (unpaired) electrons. The topological polar surface area (TPSA) is 46.1 Å². The number of rotatable bonds is 2. The molecule has 4 nitrogen and oxygen atoms in total. The average molecular weight is 203 g/mol. The molecular formula is C11H13N3O. The zero-order chi connectivity index (χ0) is 10.7. The number of aromatic nitrogens is 2. The standard InChI is InChI=1S/C11H13N3O/c1-2-11(15)14-7-3-4-10(14)9-5-6-12-8-13-9/h2,5-6,8,10H,1,3-4,7H2. The molecule has 1 aromatic heterocycles. The molecule has 1 fully saturated rings. The fourth-order valence-corrected chi connectivity index (χ4v) is 1.95. The molecular weight excluding hydrogens is 190 g/mol. The highest BCUT2D eigenvalue weighted by molar-refractivity contribution is 5.87. The zero-order valence-electron chi connectivity index (χ0n) is 8.47. The van der Waals surface area contributed by atoms with Gasteiger partial charge in [0.2, 0.25) is 5.91 Å². The van der Waals surface area contributed by atoms with E-state index in [9.17, 15) is 4.79 Å². The van der Waals surface area contributed by atoms with Gasteiger partial charge in [-0.05, 0) is 25.0 Å². The zero-order valence-corrected chi connectivity index (χ0v) is 8.47. The molecule has 1 aliphatic rings. The first-order valence-electron chi connectivity index (χ1n) is 5.02. The second-order valence-corrected chi connectivity index (χ2v) is 3.53.